The highest BCUT2D eigenvalue weighted by atomic mass is 32.2. The molecule has 0 aliphatic carbocycles. The molecule has 1 heterocycles. The lowest BCUT2D eigenvalue weighted by Gasteiger charge is -2.32. The molecule has 0 spiro atoms. The van der Waals surface area contributed by atoms with Gasteiger partial charge in [0.1, 0.15) is 0 Å². The van der Waals surface area contributed by atoms with Crippen LogP contribution >= 0.6 is 11.8 Å². The number of hydrogen-bond donors (Lipinski definition) is 1. The Hall–Kier alpha value is -0.220. The lowest BCUT2D eigenvalue weighted by atomic mass is 9.97. The summed E-state index contributed by atoms with van der Waals surface area (Å²) >= 11 is 1.75. The summed E-state index contributed by atoms with van der Waals surface area (Å²) < 4.78 is 0. The summed E-state index contributed by atoms with van der Waals surface area (Å²) in [6, 6.07) is 0. The molecule has 1 fully saturated rings. The molecule has 1 saturated heterocycles. The van der Waals surface area contributed by atoms with Crippen LogP contribution in [-0.4, -0.2) is 49.5 Å². The van der Waals surface area contributed by atoms with Gasteiger partial charge in [-0.3, -0.25) is 4.79 Å². The summed E-state index contributed by atoms with van der Waals surface area (Å²) in [5.74, 6) is 2.06. The van der Waals surface area contributed by atoms with Crippen LogP contribution < -0.4 is 5.32 Å². The zero-order chi connectivity index (χ0) is 11.1. The Bertz CT molecular complexity index is 191. The van der Waals surface area contributed by atoms with Crippen molar-refractivity contribution < 1.29 is 4.79 Å². The molecule has 0 saturated carbocycles. The van der Waals surface area contributed by atoms with Crippen LogP contribution in [0.25, 0.3) is 0 Å². The fourth-order valence-electron chi connectivity index (χ4n) is 2.02. The highest BCUT2D eigenvalue weighted by molar-refractivity contribution is 7.98. The molecule has 1 amide bonds. The van der Waals surface area contributed by atoms with Crippen LogP contribution in [0.15, 0.2) is 0 Å². The lowest BCUT2D eigenvalue weighted by molar-refractivity contribution is -0.132. The van der Waals surface area contributed by atoms with Crippen molar-refractivity contribution in [1.29, 1.82) is 0 Å². The van der Waals surface area contributed by atoms with Crippen molar-refractivity contribution in [2.75, 3.05) is 38.7 Å². The first-order chi connectivity index (χ1) is 7.27. The number of carbonyl (C=O) groups is 1. The van der Waals surface area contributed by atoms with Crippen molar-refractivity contribution in [1.82, 2.24) is 10.2 Å². The van der Waals surface area contributed by atoms with Gasteiger partial charge in [0.05, 0.1) is 0 Å². The van der Waals surface area contributed by atoms with Gasteiger partial charge in [-0.05, 0) is 38.6 Å². The monoisotopic (exact) mass is 230 g/mol. The zero-order valence-electron chi connectivity index (χ0n) is 9.79. The third-order valence-electron chi connectivity index (χ3n) is 2.98. The van der Waals surface area contributed by atoms with Crippen LogP contribution in [0.5, 0.6) is 0 Å². The fourth-order valence-corrected chi connectivity index (χ4v) is 2.40. The van der Waals surface area contributed by atoms with Crippen LogP contribution in [0, 0.1) is 5.92 Å². The molecule has 3 nitrogen and oxygen atoms in total. The maximum absolute atomic E-state index is 11.7. The van der Waals surface area contributed by atoms with E-state index in [1.54, 1.807) is 11.8 Å². The normalized spacial score (nSPS) is 18.1. The SMILES string of the molecule is CNCC1CCN(C(=O)CCSC)CC1. The summed E-state index contributed by atoms with van der Waals surface area (Å²) in [7, 11) is 2.00. The van der Waals surface area contributed by atoms with Gasteiger partial charge in [-0.15, -0.1) is 0 Å². The van der Waals surface area contributed by atoms with Crippen molar-refractivity contribution in [2.24, 2.45) is 5.92 Å². The van der Waals surface area contributed by atoms with Crippen LogP contribution in [-0.2, 0) is 4.79 Å². The molecule has 0 atom stereocenters. The molecule has 0 aromatic heterocycles. The molecule has 1 rings (SSSR count). The van der Waals surface area contributed by atoms with E-state index in [9.17, 15) is 4.79 Å². The molecule has 0 unspecified atom stereocenters. The standard InChI is InChI=1S/C11H22N2OS/c1-12-9-10-3-6-13(7-4-10)11(14)5-8-15-2/h10,12H,3-9H2,1-2H3. The maximum Gasteiger partial charge on any atom is 0.223 e. The third kappa shape index (κ3) is 4.43. The Morgan fingerprint density at radius 3 is 2.67 bits per heavy atom. The molecule has 0 bridgehead atoms. The van der Waals surface area contributed by atoms with Gasteiger partial charge in [0.15, 0.2) is 0 Å². The number of thioether (sulfide) groups is 1. The lowest BCUT2D eigenvalue weighted by Crippen LogP contribution is -2.40. The summed E-state index contributed by atoms with van der Waals surface area (Å²) in [5, 5.41) is 3.21. The average molecular weight is 230 g/mol. The van der Waals surface area contributed by atoms with Gasteiger partial charge in [0, 0.05) is 25.3 Å². The van der Waals surface area contributed by atoms with Gasteiger partial charge < -0.3 is 10.2 Å². The van der Waals surface area contributed by atoms with Crippen LogP contribution in [0.1, 0.15) is 19.3 Å². The van der Waals surface area contributed by atoms with Gasteiger partial charge in [-0.2, -0.15) is 11.8 Å². The van der Waals surface area contributed by atoms with E-state index in [-0.39, 0.29) is 0 Å². The molecule has 4 heteroatoms. The van der Waals surface area contributed by atoms with Gasteiger partial charge in [-0.1, -0.05) is 0 Å². The van der Waals surface area contributed by atoms with Crippen LogP contribution in [0.3, 0.4) is 0 Å². The summed E-state index contributed by atoms with van der Waals surface area (Å²) in [5.41, 5.74) is 0. The van der Waals surface area contributed by atoms with Crippen molar-refractivity contribution in [3.05, 3.63) is 0 Å². The Morgan fingerprint density at radius 1 is 1.47 bits per heavy atom. The molecule has 0 radical (unpaired) electrons. The largest absolute Gasteiger partial charge is 0.343 e. The second-order valence-corrected chi connectivity index (χ2v) is 5.11. The number of amides is 1. The first-order valence-electron chi connectivity index (χ1n) is 5.69. The predicted octanol–water partition coefficient (Wildman–Crippen LogP) is 1.20. The minimum atomic E-state index is 0.340. The third-order valence-corrected chi connectivity index (χ3v) is 3.59. The molecular weight excluding hydrogens is 208 g/mol. The highest BCUT2D eigenvalue weighted by Crippen LogP contribution is 2.17. The fraction of sp³-hybridized carbons (Fsp3) is 0.909. The number of nitrogens with one attached hydrogen (secondary N) is 1. The first kappa shape index (κ1) is 12.8. The topological polar surface area (TPSA) is 32.3 Å². The van der Waals surface area contributed by atoms with Crippen molar-refractivity contribution in [3.8, 4) is 0 Å². The van der Waals surface area contributed by atoms with Crippen LogP contribution in [0.4, 0.5) is 0 Å². The van der Waals surface area contributed by atoms with E-state index in [2.05, 4.69) is 5.32 Å². The molecule has 1 N–H and O–H groups in total. The van der Waals surface area contributed by atoms with E-state index in [1.807, 2.05) is 18.2 Å². The molecule has 0 aromatic carbocycles. The maximum atomic E-state index is 11.7. The van der Waals surface area contributed by atoms with Crippen molar-refractivity contribution in [2.45, 2.75) is 19.3 Å². The molecular formula is C11H22N2OS. The smallest absolute Gasteiger partial charge is 0.223 e. The average Bonchev–Trinajstić information content (AvgIpc) is 2.27. The van der Waals surface area contributed by atoms with E-state index in [0.29, 0.717) is 12.3 Å². The Labute approximate surface area is 97.0 Å². The zero-order valence-corrected chi connectivity index (χ0v) is 10.6. The van der Waals surface area contributed by atoms with Gasteiger partial charge in [-0.25, -0.2) is 0 Å². The van der Waals surface area contributed by atoms with Crippen molar-refractivity contribution in [3.63, 3.8) is 0 Å². The number of piperidine rings is 1. The molecule has 0 aromatic rings. The highest BCUT2D eigenvalue weighted by Gasteiger charge is 2.21. The number of rotatable bonds is 5. The minimum Gasteiger partial charge on any atom is -0.343 e. The molecule has 15 heavy (non-hydrogen) atoms. The minimum absolute atomic E-state index is 0.340. The number of hydrogen-bond acceptors (Lipinski definition) is 3. The molecule has 1 aliphatic heterocycles. The van der Waals surface area contributed by atoms with E-state index >= 15 is 0 Å². The molecule has 88 valence electrons. The van der Waals surface area contributed by atoms with E-state index in [0.717, 1.165) is 44.1 Å². The molecule has 1 aliphatic rings. The van der Waals surface area contributed by atoms with E-state index in [4.69, 9.17) is 0 Å². The van der Waals surface area contributed by atoms with Gasteiger partial charge >= 0.3 is 0 Å². The van der Waals surface area contributed by atoms with E-state index < -0.39 is 0 Å². The quantitative estimate of drug-likeness (QED) is 0.770. The Morgan fingerprint density at radius 2 is 2.13 bits per heavy atom. The first-order valence-corrected chi connectivity index (χ1v) is 7.08. The second-order valence-electron chi connectivity index (χ2n) is 4.12. The summed E-state index contributed by atoms with van der Waals surface area (Å²) in [6.45, 7) is 3.01. The number of carbonyl (C=O) groups excluding carboxylic acids is 1. The summed E-state index contributed by atoms with van der Waals surface area (Å²) in [4.78, 5) is 13.7. The second kappa shape index (κ2) is 7.12. The number of nitrogens with zero attached hydrogens (tertiary/aromatic N) is 1. The van der Waals surface area contributed by atoms with Gasteiger partial charge in [0.25, 0.3) is 0 Å². The number of likely N-dealkylation sites (tertiary alicyclic amines) is 1. The van der Waals surface area contributed by atoms with E-state index in [1.165, 1.54) is 0 Å². The van der Waals surface area contributed by atoms with Gasteiger partial charge in [0.2, 0.25) is 5.91 Å². The predicted molar refractivity (Wildman–Crippen MR) is 66.2 cm³/mol. The summed E-state index contributed by atoms with van der Waals surface area (Å²) in [6.07, 6.45) is 5.07. The Kier molecular flexibility index (Phi) is 6.10. The van der Waals surface area contributed by atoms with Crippen molar-refractivity contribution >= 4 is 17.7 Å². The Balaban J connectivity index is 2.21. The van der Waals surface area contributed by atoms with Crippen LogP contribution in [0.2, 0.25) is 0 Å².